The average molecular weight is 718 g/mol. The van der Waals surface area contributed by atoms with E-state index < -0.39 is 5.60 Å². The number of pyridine rings is 1. The largest absolute Gasteiger partial charge is 0.487 e. The highest BCUT2D eigenvalue weighted by atomic mass is 32.1. The summed E-state index contributed by atoms with van der Waals surface area (Å²) in [5, 5.41) is 12.3. The molecule has 0 radical (unpaired) electrons. The molecule has 7 rings (SSSR count). The normalized spacial score (nSPS) is 17.1. The molecule has 1 aliphatic heterocycles. The number of nitrogens with zero attached hydrogens (tertiary/aromatic N) is 5. The van der Waals surface area contributed by atoms with Crippen LogP contribution in [-0.2, 0) is 29.7 Å². The van der Waals surface area contributed by atoms with E-state index in [0.29, 0.717) is 18.9 Å². The second-order valence-corrected chi connectivity index (χ2v) is 15.7. The minimum Gasteiger partial charge on any atom is -0.487 e. The fourth-order valence-corrected chi connectivity index (χ4v) is 8.15. The quantitative estimate of drug-likeness (QED) is 0.130. The Morgan fingerprint density at radius 2 is 1.90 bits per heavy atom. The molecule has 0 spiro atoms. The Hall–Kier alpha value is -4.80. The number of aryl methyl sites for hydroxylation is 2. The third-order valence-corrected chi connectivity index (χ3v) is 10.9. The first-order chi connectivity index (χ1) is 25.0. The summed E-state index contributed by atoms with van der Waals surface area (Å²) in [7, 11) is 1.88. The molecule has 9 nitrogen and oxygen atoms in total. The van der Waals surface area contributed by atoms with Crippen molar-refractivity contribution in [2.75, 3.05) is 6.54 Å². The Morgan fingerprint density at radius 3 is 2.67 bits per heavy atom. The van der Waals surface area contributed by atoms with Crippen molar-refractivity contribution < 1.29 is 19.0 Å². The second kappa shape index (κ2) is 14.7. The van der Waals surface area contributed by atoms with E-state index in [-0.39, 0.29) is 30.5 Å². The van der Waals surface area contributed by atoms with Crippen LogP contribution < -0.4 is 9.47 Å². The molecule has 270 valence electrons. The van der Waals surface area contributed by atoms with Crippen molar-refractivity contribution in [2.45, 2.75) is 91.2 Å². The average Bonchev–Trinajstić information content (AvgIpc) is 3.73. The summed E-state index contributed by atoms with van der Waals surface area (Å²) in [6.45, 7) is 14.0. The van der Waals surface area contributed by atoms with E-state index in [2.05, 4.69) is 65.6 Å². The fourth-order valence-electron chi connectivity index (χ4n) is 7.26. The maximum Gasteiger partial charge on any atom is 0.307 e. The molecular formula is C42H47N5O4S. The van der Waals surface area contributed by atoms with Gasteiger partial charge in [0.2, 0.25) is 0 Å². The first kappa shape index (κ1) is 35.6. The van der Waals surface area contributed by atoms with E-state index in [1.165, 1.54) is 10.3 Å². The van der Waals surface area contributed by atoms with Gasteiger partial charge in [-0.15, -0.1) is 16.4 Å². The molecule has 0 saturated heterocycles. The van der Waals surface area contributed by atoms with Crippen LogP contribution in [0.25, 0.3) is 21.1 Å². The number of hydrogen-bond acceptors (Lipinski definition) is 9. The highest BCUT2D eigenvalue weighted by Gasteiger charge is 2.31. The number of hydrogen-bond donors (Lipinski definition) is 0. The predicted molar refractivity (Wildman–Crippen MR) is 206 cm³/mol. The van der Waals surface area contributed by atoms with E-state index in [0.717, 1.165) is 63.1 Å². The van der Waals surface area contributed by atoms with Crippen LogP contribution in [0.2, 0.25) is 0 Å². The van der Waals surface area contributed by atoms with Crippen LogP contribution in [0.4, 0.5) is 0 Å². The summed E-state index contributed by atoms with van der Waals surface area (Å²) >= 11 is 1.75. The molecule has 0 N–H and O–H groups in total. The van der Waals surface area contributed by atoms with Crippen LogP contribution in [0.1, 0.15) is 92.9 Å². The van der Waals surface area contributed by atoms with Gasteiger partial charge in [0.05, 0.1) is 18.2 Å². The van der Waals surface area contributed by atoms with Crippen LogP contribution in [0.5, 0.6) is 11.5 Å². The Balaban J connectivity index is 1.34. The van der Waals surface area contributed by atoms with Crippen LogP contribution >= 0.6 is 11.3 Å². The molecule has 3 aromatic heterocycles. The third-order valence-electron chi connectivity index (χ3n) is 9.89. The Morgan fingerprint density at radius 1 is 1.10 bits per heavy atom. The zero-order valence-corrected chi connectivity index (χ0v) is 31.9. The molecular weight excluding hydrogens is 671 g/mol. The molecule has 0 bridgehead atoms. The third kappa shape index (κ3) is 7.41. The molecule has 3 atom stereocenters. The molecule has 52 heavy (non-hydrogen) atoms. The van der Waals surface area contributed by atoms with Gasteiger partial charge < -0.3 is 14.2 Å². The number of rotatable bonds is 10. The maximum absolute atomic E-state index is 13.8. The molecule has 10 heteroatoms. The number of fused-ring (bicyclic) bond motifs is 3. The number of benzene rings is 3. The fraction of sp³-hybridized carbons (Fsp3) is 0.381. The van der Waals surface area contributed by atoms with Gasteiger partial charge in [0.25, 0.3) is 0 Å². The van der Waals surface area contributed by atoms with Gasteiger partial charge in [-0.3, -0.25) is 14.7 Å². The van der Waals surface area contributed by atoms with E-state index in [1.54, 1.807) is 16.0 Å². The number of aromatic nitrogens is 4. The monoisotopic (exact) mass is 717 g/mol. The summed E-state index contributed by atoms with van der Waals surface area (Å²) in [6.07, 6.45) is 2.94. The molecule has 0 amide bonds. The molecule has 0 aliphatic carbocycles. The van der Waals surface area contributed by atoms with Crippen molar-refractivity contribution in [3.05, 3.63) is 112 Å². The van der Waals surface area contributed by atoms with E-state index in [9.17, 15) is 4.79 Å². The van der Waals surface area contributed by atoms with Crippen LogP contribution in [-0.4, -0.2) is 49.1 Å². The molecule has 4 heterocycles. The molecule has 3 aromatic carbocycles. The number of carbonyl (C=O) groups excluding carboxylic acids is 1. The standard InChI is InChI=1S/C42H47N5O4S/c1-8-32-24-47(27(3)39-35(50-32)15-12-17-43-39)23-31-20-30(19-29-16-18-52-41(29)31)34(22-37(48)51-42(4,5)6)33-21-36(49-25-28-13-10-9-11-14-28)40-38(26(33)2)44-45-46(40)7/h9-21,27,32,34H,8,22-25H2,1-7H3/t27-,32+,34?/m0/s1. The first-order valence-corrected chi connectivity index (χ1v) is 18.9. The van der Waals surface area contributed by atoms with Gasteiger partial charge in [-0.1, -0.05) is 48.5 Å². The van der Waals surface area contributed by atoms with Crippen LogP contribution in [0, 0.1) is 6.92 Å². The lowest BCUT2D eigenvalue weighted by molar-refractivity contribution is -0.155. The summed E-state index contributed by atoms with van der Waals surface area (Å²) < 4.78 is 21.9. The predicted octanol–water partition coefficient (Wildman–Crippen LogP) is 9.06. The molecule has 1 aliphatic rings. The Labute approximate surface area is 309 Å². The van der Waals surface area contributed by atoms with Crippen LogP contribution in [0.3, 0.4) is 0 Å². The molecule has 1 unspecified atom stereocenters. The van der Waals surface area contributed by atoms with Gasteiger partial charge in [-0.05, 0) is 110 Å². The lowest BCUT2D eigenvalue weighted by Crippen LogP contribution is -2.34. The van der Waals surface area contributed by atoms with Crippen molar-refractivity contribution in [3.8, 4) is 11.5 Å². The maximum atomic E-state index is 13.8. The highest BCUT2D eigenvalue weighted by Crippen LogP contribution is 2.42. The van der Waals surface area contributed by atoms with Gasteiger partial charge >= 0.3 is 5.97 Å². The van der Waals surface area contributed by atoms with E-state index in [1.807, 2.05) is 76.5 Å². The smallest absolute Gasteiger partial charge is 0.307 e. The number of ether oxygens (including phenoxy) is 3. The summed E-state index contributed by atoms with van der Waals surface area (Å²) in [5.74, 6) is 0.936. The van der Waals surface area contributed by atoms with Gasteiger partial charge in [-0.25, -0.2) is 4.68 Å². The summed E-state index contributed by atoms with van der Waals surface area (Å²) in [6, 6.07) is 22.9. The molecule has 0 fully saturated rings. The van der Waals surface area contributed by atoms with Crippen molar-refractivity contribution in [2.24, 2.45) is 7.05 Å². The minimum atomic E-state index is -0.622. The minimum absolute atomic E-state index is 0.0468. The zero-order chi connectivity index (χ0) is 36.6. The molecule has 0 saturated carbocycles. The zero-order valence-electron chi connectivity index (χ0n) is 31.1. The Bertz CT molecular complexity index is 2210. The van der Waals surface area contributed by atoms with Crippen molar-refractivity contribution in [1.82, 2.24) is 24.9 Å². The first-order valence-electron chi connectivity index (χ1n) is 18.1. The highest BCUT2D eigenvalue weighted by molar-refractivity contribution is 7.17. The Kier molecular flexibility index (Phi) is 10.0. The van der Waals surface area contributed by atoms with Crippen molar-refractivity contribution in [1.29, 1.82) is 0 Å². The topological polar surface area (TPSA) is 91.6 Å². The van der Waals surface area contributed by atoms with Crippen LogP contribution in [0.15, 0.2) is 78.3 Å². The summed E-state index contributed by atoms with van der Waals surface area (Å²) in [5.41, 5.74) is 7.13. The van der Waals surface area contributed by atoms with Gasteiger partial charge in [0.1, 0.15) is 40.8 Å². The molecule has 6 aromatic rings. The summed E-state index contributed by atoms with van der Waals surface area (Å²) in [4.78, 5) is 21.0. The van der Waals surface area contributed by atoms with Crippen molar-refractivity contribution in [3.63, 3.8) is 0 Å². The van der Waals surface area contributed by atoms with Gasteiger partial charge in [0.15, 0.2) is 0 Å². The van der Waals surface area contributed by atoms with Gasteiger partial charge in [0, 0.05) is 37.0 Å². The SMILES string of the molecule is CC[C@@H]1CN(Cc2cc(C(CC(=O)OC(C)(C)C)c3cc(OCc4ccccc4)c4c(nnn4C)c3C)cc3ccsc23)[C@@H](C)c2ncccc2O1. The van der Waals surface area contributed by atoms with E-state index >= 15 is 0 Å². The number of carbonyl (C=O) groups is 1. The lowest BCUT2D eigenvalue weighted by atomic mass is 9.84. The number of thiophene rings is 1. The van der Waals surface area contributed by atoms with Crippen molar-refractivity contribution >= 4 is 38.4 Å². The lowest BCUT2D eigenvalue weighted by Gasteiger charge is -2.29. The number of esters is 1. The second-order valence-electron chi connectivity index (χ2n) is 14.8. The van der Waals surface area contributed by atoms with E-state index in [4.69, 9.17) is 19.2 Å². The van der Waals surface area contributed by atoms with Gasteiger partial charge in [-0.2, -0.15) is 0 Å².